The van der Waals surface area contributed by atoms with Crippen molar-refractivity contribution in [1.82, 2.24) is 0 Å². The highest BCUT2D eigenvalue weighted by Crippen LogP contribution is 2.71. The van der Waals surface area contributed by atoms with Crippen LogP contribution in [0.1, 0.15) is 73.7 Å². The predicted molar refractivity (Wildman–Crippen MR) is 124 cm³/mol. The first-order valence-corrected chi connectivity index (χ1v) is 12.8. The van der Waals surface area contributed by atoms with Crippen LogP contribution in [-0.2, 0) is 9.53 Å². The fraction of sp³-hybridized carbons (Fsp3) is 0.643. The Labute approximate surface area is 212 Å². The molecular formula is C28H31F5O4. The summed E-state index contributed by atoms with van der Waals surface area (Å²) in [5.74, 6) is -6.85. The van der Waals surface area contributed by atoms with Crippen molar-refractivity contribution in [2.45, 2.75) is 75.5 Å². The lowest BCUT2D eigenvalue weighted by atomic mass is 9.46. The Morgan fingerprint density at radius 3 is 2.32 bits per heavy atom. The van der Waals surface area contributed by atoms with Crippen LogP contribution in [0.5, 0.6) is 0 Å². The van der Waals surface area contributed by atoms with Crippen molar-refractivity contribution in [3.05, 3.63) is 47.0 Å². The van der Waals surface area contributed by atoms with Crippen molar-refractivity contribution in [3.63, 3.8) is 0 Å². The first-order valence-electron chi connectivity index (χ1n) is 12.8. The average molecular weight is 527 g/mol. The minimum absolute atomic E-state index is 0.0307. The lowest BCUT2D eigenvalue weighted by Gasteiger charge is -2.59. The van der Waals surface area contributed by atoms with E-state index in [2.05, 4.69) is 0 Å². The van der Waals surface area contributed by atoms with Gasteiger partial charge in [-0.3, -0.25) is 4.79 Å². The van der Waals surface area contributed by atoms with Crippen molar-refractivity contribution in [2.75, 3.05) is 7.11 Å². The second kappa shape index (κ2) is 8.61. The summed E-state index contributed by atoms with van der Waals surface area (Å²) in [6.45, 7) is 1.41. The van der Waals surface area contributed by atoms with Gasteiger partial charge in [-0.1, -0.05) is 24.6 Å². The molecule has 4 nitrogen and oxygen atoms in total. The standard InChI is InChI=1S/C28H31F5O4/c1-25-14-21(15-3-5-16(6-4-15)24(35)37-2)23-19-10-8-18(34)13-17(19)7-9-20(23)22(25)11-12-26(25,36)27(29,30)28(31,32)33/h3-6,13,19-23,36H,7-12,14H2,1-2H3/t19-,20-,21?,22-,23+,25-,26-/m0/s1. The number of carbonyl (C=O) groups excluding carboxylic acids is 2. The third-order valence-electron chi connectivity index (χ3n) is 10.1. The van der Waals surface area contributed by atoms with Crippen LogP contribution < -0.4 is 0 Å². The number of hydrogen-bond donors (Lipinski definition) is 1. The second-order valence-corrected chi connectivity index (χ2v) is 11.5. The van der Waals surface area contributed by atoms with E-state index < -0.39 is 47.3 Å². The molecule has 0 heterocycles. The molecule has 0 amide bonds. The van der Waals surface area contributed by atoms with Crippen LogP contribution in [0.2, 0.25) is 0 Å². The molecule has 0 bridgehead atoms. The lowest BCUT2D eigenvalue weighted by Crippen LogP contribution is -2.66. The van der Waals surface area contributed by atoms with Gasteiger partial charge in [0.1, 0.15) is 5.60 Å². The number of methoxy groups -OCH3 is 1. The maximum absolute atomic E-state index is 15.0. The van der Waals surface area contributed by atoms with Crippen LogP contribution in [-0.4, -0.2) is 41.7 Å². The molecular weight excluding hydrogens is 495 g/mol. The van der Waals surface area contributed by atoms with Gasteiger partial charge >= 0.3 is 18.1 Å². The summed E-state index contributed by atoms with van der Waals surface area (Å²) in [6.07, 6.45) is -2.58. The van der Waals surface area contributed by atoms with E-state index in [-0.39, 0.29) is 36.4 Å². The Morgan fingerprint density at radius 2 is 1.70 bits per heavy atom. The number of carbonyl (C=O) groups is 2. The van der Waals surface area contributed by atoms with E-state index in [1.807, 2.05) is 0 Å². The number of rotatable bonds is 3. The van der Waals surface area contributed by atoms with E-state index in [0.29, 0.717) is 31.2 Å². The normalized spacial score (nSPS) is 37.8. The van der Waals surface area contributed by atoms with Crippen LogP contribution in [0, 0.1) is 29.1 Å². The molecule has 202 valence electrons. The number of ketones is 1. The first-order chi connectivity index (χ1) is 17.2. The predicted octanol–water partition coefficient (Wildman–Crippen LogP) is 6.24. The average Bonchev–Trinajstić information content (AvgIpc) is 3.13. The zero-order chi connectivity index (χ0) is 27.0. The maximum Gasteiger partial charge on any atom is 0.456 e. The van der Waals surface area contributed by atoms with Crippen LogP contribution in [0.4, 0.5) is 22.0 Å². The Hall–Kier alpha value is -2.29. The highest BCUT2D eigenvalue weighted by atomic mass is 19.4. The molecule has 7 atom stereocenters. The fourth-order valence-corrected chi connectivity index (χ4v) is 8.39. The third-order valence-corrected chi connectivity index (χ3v) is 10.1. The van der Waals surface area contributed by atoms with Crippen molar-refractivity contribution in [2.24, 2.45) is 29.1 Å². The highest BCUT2D eigenvalue weighted by Gasteiger charge is 2.79. The molecule has 0 aromatic heterocycles. The zero-order valence-electron chi connectivity index (χ0n) is 20.8. The van der Waals surface area contributed by atoms with Gasteiger partial charge in [0.15, 0.2) is 5.78 Å². The minimum Gasteiger partial charge on any atom is -0.465 e. The zero-order valence-corrected chi connectivity index (χ0v) is 20.8. The largest absolute Gasteiger partial charge is 0.465 e. The Bertz CT molecular complexity index is 1130. The molecule has 37 heavy (non-hydrogen) atoms. The first kappa shape index (κ1) is 26.3. The highest BCUT2D eigenvalue weighted by molar-refractivity contribution is 5.91. The number of ether oxygens (including phenoxy) is 1. The number of halogens is 5. The monoisotopic (exact) mass is 526 g/mol. The molecule has 4 aliphatic rings. The number of benzene rings is 1. The van der Waals surface area contributed by atoms with Gasteiger partial charge in [0.2, 0.25) is 0 Å². The molecule has 3 fully saturated rings. The molecule has 1 aromatic rings. The molecule has 1 unspecified atom stereocenters. The molecule has 4 aliphatic carbocycles. The summed E-state index contributed by atoms with van der Waals surface area (Å²) in [4.78, 5) is 24.1. The van der Waals surface area contributed by atoms with E-state index in [1.54, 1.807) is 30.3 Å². The molecule has 0 aliphatic heterocycles. The number of aliphatic hydroxyl groups is 1. The van der Waals surface area contributed by atoms with E-state index in [0.717, 1.165) is 11.1 Å². The fourth-order valence-electron chi connectivity index (χ4n) is 8.39. The quantitative estimate of drug-likeness (QED) is 0.374. The number of esters is 1. The molecule has 1 N–H and O–H groups in total. The summed E-state index contributed by atoms with van der Waals surface area (Å²) >= 11 is 0. The lowest BCUT2D eigenvalue weighted by molar-refractivity contribution is -0.364. The molecule has 9 heteroatoms. The number of fused-ring (bicyclic) bond motifs is 5. The van der Waals surface area contributed by atoms with Crippen LogP contribution in [0.15, 0.2) is 35.9 Å². The van der Waals surface area contributed by atoms with Crippen molar-refractivity contribution < 1.29 is 41.4 Å². The summed E-state index contributed by atoms with van der Waals surface area (Å²) in [7, 11) is 1.25. The number of alkyl halides is 5. The SMILES string of the molecule is COC(=O)c1ccc(C2C[C@@]3(C)[C@@H](CC[C@@]3(O)C(F)(F)C(F)(F)F)[C@@H]3CCC4=CC(=O)CC[C@@H]4[C@@H]23)cc1. The van der Waals surface area contributed by atoms with Crippen LogP contribution >= 0.6 is 0 Å². The topological polar surface area (TPSA) is 63.6 Å². The van der Waals surface area contributed by atoms with Gasteiger partial charge < -0.3 is 9.84 Å². The molecule has 5 rings (SSSR count). The van der Waals surface area contributed by atoms with Gasteiger partial charge in [0.25, 0.3) is 0 Å². The van der Waals surface area contributed by atoms with Gasteiger partial charge in [-0.05, 0) is 91.9 Å². The van der Waals surface area contributed by atoms with Crippen molar-refractivity contribution >= 4 is 11.8 Å². The Morgan fingerprint density at radius 1 is 1.03 bits per heavy atom. The van der Waals surface area contributed by atoms with Crippen molar-refractivity contribution in [1.29, 1.82) is 0 Å². The molecule has 0 saturated heterocycles. The Kier molecular flexibility index (Phi) is 6.13. The molecule has 3 saturated carbocycles. The summed E-state index contributed by atoms with van der Waals surface area (Å²) in [5.41, 5.74) is -2.84. The van der Waals surface area contributed by atoms with E-state index in [9.17, 15) is 27.9 Å². The van der Waals surface area contributed by atoms with Gasteiger partial charge in [0.05, 0.1) is 12.7 Å². The van der Waals surface area contributed by atoms with E-state index >= 15 is 8.78 Å². The maximum atomic E-state index is 15.0. The number of allylic oxidation sites excluding steroid dienone is 1. The smallest absolute Gasteiger partial charge is 0.456 e. The molecule has 0 radical (unpaired) electrons. The van der Waals surface area contributed by atoms with Crippen LogP contribution in [0.3, 0.4) is 0 Å². The van der Waals surface area contributed by atoms with Gasteiger partial charge in [-0.25, -0.2) is 4.79 Å². The molecule has 0 spiro atoms. The van der Waals surface area contributed by atoms with E-state index in [1.165, 1.54) is 14.0 Å². The summed E-state index contributed by atoms with van der Waals surface area (Å²) in [6, 6.07) is 6.55. The van der Waals surface area contributed by atoms with Gasteiger partial charge in [0, 0.05) is 11.8 Å². The van der Waals surface area contributed by atoms with Crippen molar-refractivity contribution in [3.8, 4) is 0 Å². The van der Waals surface area contributed by atoms with Gasteiger partial charge in [-0.2, -0.15) is 22.0 Å². The van der Waals surface area contributed by atoms with Gasteiger partial charge in [-0.15, -0.1) is 0 Å². The summed E-state index contributed by atoms with van der Waals surface area (Å²) < 4.78 is 75.7. The van der Waals surface area contributed by atoms with E-state index in [4.69, 9.17) is 4.74 Å². The third kappa shape index (κ3) is 3.70. The molecule has 1 aromatic carbocycles. The Balaban J connectivity index is 1.62. The summed E-state index contributed by atoms with van der Waals surface area (Å²) in [5, 5.41) is 11.3. The van der Waals surface area contributed by atoms with Crippen LogP contribution in [0.25, 0.3) is 0 Å². The second-order valence-electron chi connectivity index (χ2n) is 11.5. The minimum atomic E-state index is -5.87. The number of hydrogen-bond acceptors (Lipinski definition) is 4.